The van der Waals surface area contributed by atoms with E-state index in [0.29, 0.717) is 11.9 Å². The first-order valence-electron chi connectivity index (χ1n) is 6.31. The predicted octanol–water partition coefficient (Wildman–Crippen LogP) is 2.02. The number of anilines is 1. The topological polar surface area (TPSA) is 91.0 Å². The van der Waals surface area contributed by atoms with E-state index in [1.165, 1.54) is 20.2 Å². The lowest BCUT2D eigenvalue weighted by Crippen LogP contribution is -2.29. The average Bonchev–Trinajstić information content (AvgIpc) is 2.83. The van der Waals surface area contributed by atoms with Crippen LogP contribution < -0.4 is 4.72 Å². The average molecular weight is 349 g/mol. The molecule has 0 bridgehead atoms. The zero-order valence-corrected chi connectivity index (χ0v) is 13.2. The summed E-state index contributed by atoms with van der Waals surface area (Å²) in [4.78, 5) is 3.96. The minimum absolute atomic E-state index is 0.0406. The molecule has 0 aliphatic heterocycles. The van der Waals surface area contributed by atoms with Crippen LogP contribution in [0.1, 0.15) is 11.4 Å². The summed E-state index contributed by atoms with van der Waals surface area (Å²) in [6.07, 6.45) is -4.64. The van der Waals surface area contributed by atoms with E-state index in [0.717, 1.165) is 10.4 Å². The number of nitrogens with zero attached hydrogens (tertiary/aromatic N) is 3. The fraction of sp³-hybridized carbons (Fsp3) is 0.333. The van der Waals surface area contributed by atoms with Gasteiger partial charge in [-0.3, -0.25) is 9.82 Å². The second-order valence-electron chi connectivity index (χ2n) is 4.93. The number of benzene rings is 1. The van der Waals surface area contributed by atoms with Crippen LogP contribution in [0.15, 0.2) is 18.2 Å². The van der Waals surface area contributed by atoms with Crippen LogP contribution in [0, 0.1) is 6.92 Å². The van der Waals surface area contributed by atoms with E-state index in [2.05, 4.69) is 19.9 Å². The maximum atomic E-state index is 13.0. The zero-order valence-electron chi connectivity index (χ0n) is 12.4. The first-order chi connectivity index (χ1) is 10.5. The number of aromatic amines is 1. The molecule has 0 aliphatic rings. The largest absolute Gasteiger partial charge is 0.416 e. The monoisotopic (exact) mass is 349 g/mol. The molecule has 7 nitrogen and oxygen atoms in total. The molecule has 0 aliphatic carbocycles. The van der Waals surface area contributed by atoms with Gasteiger partial charge in [0.2, 0.25) is 0 Å². The molecule has 11 heteroatoms. The van der Waals surface area contributed by atoms with E-state index in [1.54, 1.807) is 6.92 Å². The Morgan fingerprint density at radius 2 is 1.87 bits per heavy atom. The van der Waals surface area contributed by atoms with Gasteiger partial charge in [0, 0.05) is 19.7 Å². The molecule has 0 radical (unpaired) electrons. The second kappa shape index (κ2) is 5.81. The van der Waals surface area contributed by atoms with Gasteiger partial charge >= 0.3 is 16.4 Å². The second-order valence-corrected chi connectivity index (χ2v) is 6.82. The highest BCUT2D eigenvalue weighted by molar-refractivity contribution is 7.90. The van der Waals surface area contributed by atoms with Gasteiger partial charge in [0.25, 0.3) is 0 Å². The van der Waals surface area contributed by atoms with Crippen LogP contribution in [-0.4, -0.2) is 42.0 Å². The normalized spacial score (nSPS) is 12.7. The van der Waals surface area contributed by atoms with Crippen LogP contribution in [0.25, 0.3) is 11.4 Å². The van der Waals surface area contributed by atoms with Crippen molar-refractivity contribution >= 4 is 15.9 Å². The Morgan fingerprint density at radius 3 is 2.35 bits per heavy atom. The van der Waals surface area contributed by atoms with Crippen molar-refractivity contribution in [2.24, 2.45) is 0 Å². The first kappa shape index (κ1) is 17.2. The van der Waals surface area contributed by atoms with Gasteiger partial charge in [-0.05, 0) is 25.1 Å². The maximum Gasteiger partial charge on any atom is 0.416 e. The fourth-order valence-electron chi connectivity index (χ4n) is 1.69. The van der Waals surface area contributed by atoms with Gasteiger partial charge < -0.3 is 0 Å². The Labute approximate surface area is 130 Å². The molecule has 1 aromatic heterocycles. The van der Waals surface area contributed by atoms with E-state index in [9.17, 15) is 21.6 Å². The molecule has 0 amide bonds. The molecule has 0 unspecified atom stereocenters. The molecule has 126 valence electrons. The smallest absolute Gasteiger partial charge is 0.271 e. The quantitative estimate of drug-likeness (QED) is 0.883. The van der Waals surface area contributed by atoms with Crippen LogP contribution in [0.5, 0.6) is 0 Å². The lowest BCUT2D eigenvalue weighted by molar-refractivity contribution is -0.137. The van der Waals surface area contributed by atoms with Crippen molar-refractivity contribution in [2.75, 3.05) is 18.8 Å². The number of H-pyrrole nitrogens is 1. The van der Waals surface area contributed by atoms with Crippen molar-refractivity contribution in [1.82, 2.24) is 19.5 Å². The van der Waals surface area contributed by atoms with Gasteiger partial charge in [0.15, 0.2) is 5.82 Å². The van der Waals surface area contributed by atoms with E-state index >= 15 is 0 Å². The van der Waals surface area contributed by atoms with E-state index in [-0.39, 0.29) is 17.1 Å². The van der Waals surface area contributed by atoms with E-state index < -0.39 is 21.9 Å². The predicted molar refractivity (Wildman–Crippen MR) is 77.8 cm³/mol. The summed E-state index contributed by atoms with van der Waals surface area (Å²) < 4.78 is 65.6. The third-order valence-electron chi connectivity index (χ3n) is 2.84. The molecule has 0 atom stereocenters. The molecule has 0 saturated carbocycles. The number of aromatic nitrogens is 3. The molecule has 2 aromatic rings. The summed E-state index contributed by atoms with van der Waals surface area (Å²) in [6.45, 7) is 1.60. The number of aryl methyl sites for hydroxylation is 1. The SMILES string of the molecule is Cc1nc(-c2cc(NS(=O)(=O)N(C)C)cc(C(F)(F)F)c2)n[nH]1. The van der Waals surface area contributed by atoms with E-state index in [1.807, 2.05) is 0 Å². The summed E-state index contributed by atoms with van der Waals surface area (Å²) in [5.74, 6) is 0.465. The molecular formula is C12H14F3N5O2S. The van der Waals surface area contributed by atoms with Crippen LogP contribution >= 0.6 is 0 Å². The van der Waals surface area contributed by atoms with Gasteiger partial charge in [0.05, 0.1) is 11.3 Å². The number of hydrogen-bond acceptors (Lipinski definition) is 4. The van der Waals surface area contributed by atoms with Crippen LogP contribution in [0.4, 0.5) is 18.9 Å². The lowest BCUT2D eigenvalue weighted by Gasteiger charge is -2.16. The molecule has 1 aromatic carbocycles. The van der Waals surface area contributed by atoms with Crippen molar-refractivity contribution in [2.45, 2.75) is 13.1 Å². The van der Waals surface area contributed by atoms with Crippen LogP contribution in [0.3, 0.4) is 0 Å². The van der Waals surface area contributed by atoms with E-state index in [4.69, 9.17) is 0 Å². The zero-order chi connectivity index (χ0) is 17.4. The number of hydrogen-bond donors (Lipinski definition) is 2. The standard InChI is InChI=1S/C12H14F3N5O2S/c1-7-16-11(18-17-7)8-4-9(12(13,14)15)6-10(5-8)19-23(21,22)20(2)3/h4-6,19H,1-3H3,(H,16,17,18). The number of rotatable bonds is 4. The van der Waals surface area contributed by atoms with Gasteiger partial charge in [0.1, 0.15) is 5.82 Å². The maximum absolute atomic E-state index is 13.0. The number of halogens is 3. The minimum atomic E-state index is -4.64. The van der Waals surface area contributed by atoms with Gasteiger partial charge in [-0.1, -0.05) is 0 Å². The van der Waals surface area contributed by atoms with Crippen molar-refractivity contribution in [3.05, 3.63) is 29.6 Å². The third-order valence-corrected chi connectivity index (χ3v) is 4.30. The third kappa shape index (κ3) is 3.99. The Balaban J connectivity index is 2.55. The van der Waals surface area contributed by atoms with Gasteiger partial charge in [-0.25, -0.2) is 4.98 Å². The van der Waals surface area contributed by atoms with Crippen LogP contribution in [-0.2, 0) is 16.4 Å². The number of alkyl halides is 3. The molecular weight excluding hydrogens is 335 g/mol. The fourth-order valence-corrected chi connectivity index (χ4v) is 2.29. The lowest BCUT2D eigenvalue weighted by atomic mass is 10.1. The Morgan fingerprint density at radius 1 is 1.22 bits per heavy atom. The Bertz CT molecular complexity index is 814. The summed E-state index contributed by atoms with van der Waals surface area (Å²) in [5.41, 5.74) is -1.19. The molecule has 0 fully saturated rings. The van der Waals surface area contributed by atoms with Crippen molar-refractivity contribution < 1.29 is 21.6 Å². The highest BCUT2D eigenvalue weighted by Crippen LogP contribution is 2.34. The Kier molecular flexibility index (Phi) is 4.35. The summed E-state index contributed by atoms with van der Waals surface area (Å²) in [7, 11) is -1.42. The minimum Gasteiger partial charge on any atom is -0.271 e. The highest BCUT2D eigenvalue weighted by atomic mass is 32.2. The molecule has 0 saturated heterocycles. The van der Waals surface area contributed by atoms with Crippen LogP contribution in [0.2, 0.25) is 0 Å². The molecule has 2 N–H and O–H groups in total. The van der Waals surface area contributed by atoms with Crippen molar-refractivity contribution in [3.63, 3.8) is 0 Å². The Hall–Kier alpha value is -2.14. The number of nitrogens with one attached hydrogen (secondary N) is 2. The first-order valence-corrected chi connectivity index (χ1v) is 7.75. The van der Waals surface area contributed by atoms with Gasteiger partial charge in [-0.2, -0.15) is 31.0 Å². The highest BCUT2D eigenvalue weighted by Gasteiger charge is 2.32. The summed E-state index contributed by atoms with van der Waals surface area (Å²) in [5, 5.41) is 6.31. The van der Waals surface area contributed by atoms with Gasteiger partial charge in [-0.15, -0.1) is 0 Å². The summed E-state index contributed by atoms with van der Waals surface area (Å²) in [6, 6.07) is 2.80. The molecule has 1 heterocycles. The molecule has 23 heavy (non-hydrogen) atoms. The molecule has 0 spiro atoms. The summed E-state index contributed by atoms with van der Waals surface area (Å²) >= 11 is 0. The van der Waals surface area contributed by atoms with Crippen molar-refractivity contribution in [1.29, 1.82) is 0 Å². The van der Waals surface area contributed by atoms with Crippen molar-refractivity contribution in [3.8, 4) is 11.4 Å². The molecule has 2 rings (SSSR count).